The Morgan fingerprint density at radius 2 is 1.62 bits per heavy atom. The summed E-state index contributed by atoms with van der Waals surface area (Å²) in [6.45, 7) is 0. The van der Waals surface area contributed by atoms with Crippen LogP contribution in [-0.4, -0.2) is 56.9 Å². The molecule has 0 aliphatic carbocycles. The van der Waals surface area contributed by atoms with Gasteiger partial charge in [-0.3, -0.25) is 14.6 Å². The Bertz CT molecular complexity index is 1320. The Hall–Kier alpha value is -4.32. The number of sulfonamides is 1. The zero-order valence-electron chi connectivity index (χ0n) is 18.5. The molecule has 2 N–H and O–H groups in total. The third-order valence-electron chi connectivity index (χ3n) is 4.34. The molecular formula is C22H21N5O6S. The van der Waals surface area contributed by atoms with E-state index < -0.39 is 21.8 Å². The summed E-state index contributed by atoms with van der Waals surface area (Å²) in [4.78, 5) is 32.7. The van der Waals surface area contributed by atoms with Gasteiger partial charge in [0, 0.05) is 22.8 Å². The second-order valence-electron chi connectivity index (χ2n) is 6.92. The van der Waals surface area contributed by atoms with Gasteiger partial charge in [-0.15, -0.1) is 0 Å². The molecular weight excluding hydrogens is 462 g/mol. The molecule has 0 radical (unpaired) electrons. The van der Waals surface area contributed by atoms with Crippen LogP contribution in [0.5, 0.6) is 11.5 Å². The Balaban J connectivity index is 1.71. The van der Waals surface area contributed by atoms with Crippen LogP contribution in [0.4, 0.5) is 0 Å². The average molecular weight is 484 g/mol. The van der Waals surface area contributed by atoms with E-state index >= 15 is 0 Å². The van der Waals surface area contributed by atoms with Crippen molar-refractivity contribution in [2.45, 2.75) is 0 Å². The molecule has 11 nitrogen and oxygen atoms in total. The van der Waals surface area contributed by atoms with E-state index in [1.165, 1.54) is 45.0 Å². The minimum absolute atomic E-state index is 0.0248. The van der Waals surface area contributed by atoms with Gasteiger partial charge in [0.25, 0.3) is 11.8 Å². The number of hydrogen-bond acceptors (Lipinski definition) is 9. The van der Waals surface area contributed by atoms with Crippen LogP contribution in [0, 0.1) is 0 Å². The first kappa shape index (κ1) is 24.3. The zero-order chi connectivity index (χ0) is 24.7. The maximum absolute atomic E-state index is 12.5. The highest BCUT2D eigenvalue weighted by Crippen LogP contribution is 2.21. The Kier molecular flexibility index (Phi) is 7.53. The molecule has 3 aromatic rings. The first-order chi connectivity index (χ1) is 16.2. The second kappa shape index (κ2) is 10.5. The van der Waals surface area contributed by atoms with Gasteiger partial charge in [-0.05, 0) is 24.3 Å². The molecule has 34 heavy (non-hydrogen) atoms. The first-order valence-corrected chi connectivity index (χ1v) is 11.6. The van der Waals surface area contributed by atoms with Crippen molar-refractivity contribution in [2.75, 3.05) is 20.5 Å². The summed E-state index contributed by atoms with van der Waals surface area (Å²) in [6.07, 6.45) is 5.06. The highest BCUT2D eigenvalue weighted by atomic mass is 32.2. The maximum Gasteiger partial charge on any atom is 0.291 e. The molecule has 0 spiro atoms. The largest absolute Gasteiger partial charge is 0.497 e. The molecule has 0 atom stereocenters. The van der Waals surface area contributed by atoms with Gasteiger partial charge in [-0.1, -0.05) is 12.1 Å². The number of hydrazone groups is 1. The van der Waals surface area contributed by atoms with Crippen molar-refractivity contribution >= 4 is 28.1 Å². The van der Waals surface area contributed by atoms with Crippen LogP contribution in [0.25, 0.3) is 11.3 Å². The molecule has 0 bridgehead atoms. The first-order valence-electron chi connectivity index (χ1n) is 9.69. The van der Waals surface area contributed by atoms with E-state index in [2.05, 4.69) is 20.5 Å². The molecule has 3 rings (SSSR count). The normalized spacial score (nSPS) is 11.1. The number of aromatic nitrogens is 2. The van der Waals surface area contributed by atoms with Crippen molar-refractivity contribution in [1.82, 2.24) is 20.1 Å². The lowest BCUT2D eigenvalue weighted by Gasteiger charge is -2.06. The van der Waals surface area contributed by atoms with E-state index in [0.29, 0.717) is 28.3 Å². The van der Waals surface area contributed by atoms with Crippen molar-refractivity contribution in [1.29, 1.82) is 0 Å². The number of carbonyl (C=O) groups excluding carboxylic acids is 2. The molecule has 0 saturated carbocycles. The third-order valence-corrected chi connectivity index (χ3v) is 4.90. The van der Waals surface area contributed by atoms with Gasteiger partial charge in [-0.2, -0.15) is 5.10 Å². The van der Waals surface area contributed by atoms with Crippen LogP contribution in [0.2, 0.25) is 0 Å². The van der Waals surface area contributed by atoms with E-state index in [1.807, 2.05) is 4.72 Å². The quantitative estimate of drug-likeness (QED) is 0.363. The summed E-state index contributed by atoms with van der Waals surface area (Å²) in [7, 11) is -0.614. The topological polar surface area (TPSA) is 149 Å². The molecule has 2 amide bonds. The summed E-state index contributed by atoms with van der Waals surface area (Å²) in [5, 5.41) is 3.93. The van der Waals surface area contributed by atoms with Crippen molar-refractivity contribution < 1.29 is 27.5 Å². The number of carbonyl (C=O) groups is 2. The van der Waals surface area contributed by atoms with Crippen molar-refractivity contribution in [3.05, 3.63) is 71.7 Å². The lowest BCUT2D eigenvalue weighted by molar-refractivity contribution is 0.0948. The monoisotopic (exact) mass is 483 g/mol. The predicted molar refractivity (Wildman–Crippen MR) is 124 cm³/mol. The Labute approximate surface area is 195 Å². The smallest absolute Gasteiger partial charge is 0.291 e. The molecule has 0 unspecified atom stereocenters. The summed E-state index contributed by atoms with van der Waals surface area (Å²) in [5.74, 6) is -0.180. The zero-order valence-corrected chi connectivity index (χ0v) is 19.3. The van der Waals surface area contributed by atoms with E-state index in [9.17, 15) is 18.0 Å². The van der Waals surface area contributed by atoms with Crippen LogP contribution in [0.15, 0.2) is 60.0 Å². The molecule has 1 heterocycles. The number of rotatable bonds is 8. The Morgan fingerprint density at radius 3 is 2.21 bits per heavy atom. The minimum atomic E-state index is -3.67. The summed E-state index contributed by atoms with van der Waals surface area (Å²) < 4.78 is 34.7. The lowest BCUT2D eigenvalue weighted by Crippen LogP contribution is -2.29. The number of nitrogens with zero attached hydrogens (tertiary/aromatic N) is 3. The van der Waals surface area contributed by atoms with E-state index in [1.54, 1.807) is 30.3 Å². The molecule has 2 aromatic carbocycles. The fourth-order valence-corrected chi connectivity index (χ4v) is 3.22. The SMILES string of the molecule is COc1cc(C=NNC(=O)c2cncc(-c3ccc(C(=O)NS(C)(=O)=O)cc3)n2)cc(OC)c1. The van der Waals surface area contributed by atoms with Gasteiger partial charge >= 0.3 is 0 Å². The van der Waals surface area contributed by atoms with E-state index in [4.69, 9.17) is 9.47 Å². The lowest BCUT2D eigenvalue weighted by atomic mass is 10.1. The molecule has 0 fully saturated rings. The van der Waals surface area contributed by atoms with Crippen molar-refractivity contribution in [3.63, 3.8) is 0 Å². The molecule has 0 saturated heterocycles. The van der Waals surface area contributed by atoms with Crippen molar-refractivity contribution in [2.24, 2.45) is 5.10 Å². The van der Waals surface area contributed by atoms with Gasteiger partial charge in [0.2, 0.25) is 10.0 Å². The summed E-state index contributed by atoms with van der Waals surface area (Å²) in [6, 6.07) is 11.2. The van der Waals surface area contributed by atoms with E-state index in [-0.39, 0.29) is 11.3 Å². The number of methoxy groups -OCH3 is 2. The van der Waals surface area contributed by atoms with Crippen LogP contribution in [0.1, 0.15) is 26.4 Å². The fourth-order valence-electron chi connectivity index (χ4n) is 2.76. The van der Waals surface area contributed by atoms with Gasteiger partial charge < -0.3 is 9.47 Å². The summed E-state index contributed by atoms with van der Waals surface area (Å²) in [5.41, 5.74) is 4.16. The van der Waals surface area contributed by atoms with E-state index in [0.717, 1.165) is 6.26 Å². The number of amides is 2. The van der Waals surface area contributed by atoms with Gasteiger partial charge in [0.05, 0.1) is 44.8 Å². The predicted octanol–water partition coefficient (Wildman–Crippen LogP) is 1.61. The van der Waals surface area contributed by atoms with Crippen LogP contribution < -0.4 is 19.6 Å². The second-order valence-corrected chi connectivity index (χ2v) is 8.66. The third kappa shape index (κ3) is 6.59. The standard InChI is InChI=1S/C22H21N5O6S/c1-32-17-8-14(9-18(10-17)33-2)11-24-26-22(29)20-13-23-12-19(25-20)15-4-6-16(7-5-15)21(28)27-34(3,30)31/h4-13H,1-3H3,(H,26,29)(H,27,28). The number of benzene rings is 2. The van der Waals surface area contributed by atoms with Gasteiger partial charge in [0.1, 0.15) is 17.2 Å². The number of hydrogen-bond donors (Lipinski definition) is 2. The highest BCUT2D eigenvalue weighted by Gasteiger charge is 2.13. The maximum atomic E-state index is 12.5. The average Bonchev–Trinajstić information content (AvgIpc) is 2.82. The fraction of sp³-hybridized carbons (Fsp3) is 0.136. The molecule has 1 aromatic heterocycles. The molecule has 0 aliphatic heterocycles. The van der Waals surface area contributed by atoms with Crippen LogP contribution >= 0.6 is 0 Å². The highest BCUT2D eigenvalue weighted by molar-refractivity contribution is 7.89. The molecule has 176 valence electrons. The minimum Gasteiger partial charge on any atom is -0.497 e. The van der Waals surface area contributed by atoms with Gasteiger partial charge in [0.15, 0.2) is 0 Å². The number of ether oxygens (including phenoxy) is 2. The molecule has 12 heteroatoms. The number of nitrogens with one attached hydrogen (secondary N) is 2. The molecule has 0 aliphatic rings. The van der Waals surface area contributed by atoms with Gasteiger partial charge in [-0.25, -0.2) is 23.5 Å². The van der Waals surface area contributed by atoms with Crippen molar-refractivity contribution in [3.8, 4) is 22.8 Å². The van der Waals surface area contributed by atoms with Crippen LogP contribution in [-0.2, 0) is 10.0 Å². The van der Waals surface area contributed by atoms with Crippen LogP contribution in [0.3, 0.4) is 0 Å². The summed E-state index contributed by atoms with van der Waals surface area (Å²) >= 11 is 0. The Morgan fingerprint density at radius 1 is 0.971 bits per heavy atom.